The van der Waals surface area contributed by atoms with Crippen molar-refractivity contribution in [1.82, 2.24) is 10.2 Å². The number of ether oxygens (including phenoxy) is 4. The zero-order valence-electron chi connectivity index (χ0n) is 18.3. The van der Waals surface area contributed by atoms with Gasteiger partial charge >= 0.3 is 0 Å². The molecule has 0 radical (unpaired) electrons. The summed E-state index contributed by atoms with van der Waals surface area (Å²) in [4.78, 5) is 27.5. The van der Waals surface area contributed by atoms with Gasteiger partial charge in [-0.3, -0.25) is 9.59 Å². The zero-order valence-corrected chi connectivity index (χ0v) is 18.3. The van der Waals surface area contributed by atoms with E-state index in [9.17, 15) is 9.59 Å². The third-order valence-electron chi connectivity index (χ3n) is 5.40. The molecule has 0 aromatic heterocycles. The Morgan fingerprint density at radius 1 is 0.839 bits per heavy atom. The third-order valence-corrected chi connectivity index (χ3v) is 5.40. The smallest absolute Gasteiger partial charge is 0.259 e. The molecule has 1 saturated heterocycles. The van der Waals surface area contributed by atoms with E-state index in [2.05, 4.69) is 5.32 Å². The summed E-state index contributed by atoms with van der Waals surface area (Å²) in [6, 6.07) is 10.3. The molecule has 1 fully saturated rings. The molecule has 2 aromatic carbocycles. The van der Waals surface area contributed by atoms with Crippen LogP contribution in [-0.4, -0.2) is 64.3 Å². The molecule has 2 amide bonds. The van der Waals surface area contributed by atoms with E-state index in [1.165, 1.54) is 21.3 Å². The lowest BCUT2D eigenvalue weighted by molar-refractivity contribution is 0.0697. The van der Waals surface area contributed by atoms with Gasteiger partial charge in [-0.2, -0.15) is 0 Å². The Hall–Kier alpha value is -3.42. The normalized spacial score (nSPS) is 14.0. The first-order valence-corrected chi connectivity index (χ1v) is 10.1. The van der Waals surface area contributed by atoms with Gasteiger partial charge in [-0.05, 0) is 43.2 Å². The van der Waals surface area contributed by atoms with Crippen LogP contribution in [0, 0.1) is 0 Å². The molecule has 31 heavy (non-hydrogen) atoms. The van der Waals surface area contributed by atoms with Crippen LogP contribution >= 0.6 is 0 Å². The lowest BCUT2D eigenvalue weighted by Gasteiger charge is -2.32. The van der Waals surface area contributed by atoms with Gasteiger partial charge in [0.15, 0.2) is 11.5 Å². The van der Waals surface area contributed by atoms with Crippen LogP contribution in [0.5, 0.6) is 23.0 Å². The van der Waals surface area contributed by atoms with Crippen LogP contribution < -0.4 is 24.3 Å². The molecule has 166 valence electrons. The molecule has 1 aliphatic heterocycles. The molecule has 1 heterocycles. The first kappa shape index (κ1) is 22.3. The Labute approximate surface area is 182 Å². The second-order valence-corrected chi connectivity index (χ2v) is 7.15. The van der Waals surface area contributed by atoms with Crippen molar-refractivity contribution in [1.29, 1.82) is 0 Å². The molecule has 1 N–H and O–H groups in total. The van der Waals surface area contributed by atoms with Gasteiger partial charge in [0.25, 0.3) is 11.8 Å². The number of benzene rings is 2. The summed E-state index contributed by atoms with van der Waals surface area (Å²) >= 11 is 0. The Balaban J connectivity index is 1.63. The maximum Gasteiger partial charge on any atom is 0.259 e. The van der Waals surface area contributed by atoms with E-state index in [1.807, 2.05) is 0 Å². The van der Waals surface area contributed by atoms with Crippen LogP contribution in [0.2, 0.25) is 0 Å². The summed E-state index contributed by atoms with van der Waals surface area (Å²) in [7, 11) is 6.13. The van der Waals surface area contributed by atoms with Gasteiger partial charge < -0.3 is 29.2 Å². The first-order valence-electron chi connectivity index (χ1n) is 10.1. The molecule has 2 aromatic rings. The summed E-state index contributed by atoms with van der Waals surface area (Å²) in [6.07, 6.45) is 1.31. The standard InChI is InChI=1S/C23H28N2O6/c1-28-17-9-8-15(14-20(17)31-4)23(27)25-12-10-16(11-13-25)24-22(26)21-18(29-2)6-5-7-19(21)30-3/h5-9,14,16H,10-13H2,1-4H3,(H,24,26). The number of hydrogen-bond acceptors (Lipinski definition) is 6. The van der Waals surface area contributed by atoms with Crippen LogP contribution in [-0.2, 0) is 0 Å². The highest BCUT2D eigenvalue weighted by Crippen LogP contribution is 2.30. The highest BCUT2D eigenvalue weighted by Gasteiger charge is 2.27. The van der Waals surface area contributed by atoms with E-state index in [4.69, 9.17) is 18.9 Å². The second kappa shape index (κ2) is 10.1. The number of nitrogens with zero attached hydrogens (tertiary/aromatic N) is 1. The Kier molecular flexibility index (Phi) is 7.23. The van der Waals surface area contributed by atoms with Crippen LogP contribution in [0.1, 0.15) is 33.6 Å². The van der Waals surface area contributed by atoms with Crippen molar-refractivity contribution in [3.63, 3.8) is 0 Å². The summed E-state index contributed by atoms with van der Waals surface area (Å²) in [5.41, 5.74) is 0.912. The van der Waals surface area contributed by atoms with Crippen LogP contribution in [0.25, 0.3) is 0 Å². The third kappa shape index (κ3) is 4.84. The van der Waals surface area contributed by atoms with Crippen molar-refractivity contribution >= 4 is 11.8 Å². The number of likely N-dealkylation sites (tertiary alicyclic amines) is 1. The molecule has 0 spiro atoms. The number of carbonyl (C=O) groups excluding carboxylic acids is 2. The van der Waals surface area contributed by atoms with Crippen LogP contribution in [0.3, 0.4) is 0 Å². The molecule has 0 unspecified atom stereocenters. The molecule has 3 rings (SSSR count). The molecule has 8 nitrogen and oxygen atoms in total. The molecule has 8 heteroatoms. The second-order valence-electron chi connectivity index (χ2n) is 7.15. The van der Waals surface area contributed by atoms with E-state index >= 15 is 0 Å². The fourth-order valence-corrected chi connectivity index (χ4v) is 3.71. The highest BCUT2D eigenvalue weighted by atomic mass is 16.5. The maximum atomic E-state index is 12.9. The van der Waals surface area contributed by atoms with Gasteiger partial charge in [0, 0.05) is 24.7 Å². The van der Waals surface area contributed by atoms with E-state index in [1.54, 1.807) is 48.4 Å². The highest BCUT2D eigenvalue weighted by molar-refractivity contribution is 6.00. The van der Waals surface area contributed by atoms with Gasteiger partial charge in [0.05, 0.1) is 28.4 Å². The van der Waals surface area contributed by atoms with E-state index in [0.717, 1.165) is 0 Å². The number of nitrogens with one attached hydrogen (secondary N) is 1. The van der Waals surface area contributed by atoms with Crippen molar-refractivity contribution < 1.29 is 28.5 Å². The van der Waals surface area contributed by atoms with Crippen LogP contribution in [0.15, 0.2) is 36.4 Å². The molecular formula is C23H28N2O6. The minimum absolute atomic E-state index is 0.0448. The lowest BCUT2D eigenvalue weighted by atomic mass is 10.0. The number of amides is 2. The Bertz CT molecular complexity index is 915. The first-order chi connectivity index (χ1) is 15.0. The summed E-state index contributed by atoms with van der Waals surface area (Å²) in [5, 5.41) is 3.04. The Morgan fingerprint density at radius 2 is 1.42 bits per heavy atom. The number of methoxy groups -OCH3 is 4. The zero-order chi connectivity index (χ0) is 22.4. The average Bonchev–Trinajstić information content (AvgIpc) is 2.82. The van der Waals surface area contributed by atoms with Crippen molar-refractivity contribution in [2.45, 2.75) is 18.9 Å². The summed E-state index contributed by atoms with van der Waals surface area (Å²) in [6.45, 7) is 1.09. The van der Waals surface area contributed by atoms with Gasteiger partial charge in [-0.25, -0.2) is 0 Å². The monoisotopic (exact) mass is 428 g/mol. The van der Waals surface area contributed by atoms with Crippen molar-refractivity contribution in [2.75, 3.05) is 41.5 Å². The van der Waals surface area contributed by atoms with Gasteiger partial charge in [0.1, 0.15) is 17.1 Å². The van der Waals surface area contributed by atoms with Crippen molar-refractivity contribution in [3.05, 3.63) is 47.5 Å². The molecule has 1 aliphatic rings. The van der Waals surface area contributed by atoms with E-state index in [0.29, 0.717) is 60.1 Å². The molecule has 0 bridgehead atoms. The van der Waals surface area contributed by atoms with Crippen LogP contribution in [0.4, 0.5) is 0 Å². The summed E-state index contributed by atoms with van der Waals surface area (Å²) < 4.78 is 21.2. The fraction of sp³-hybridized carbons (Fsp3) is 0.391. The summed E-state index contributed by atoms with van der Waals surface area (Å²) in [5.74, 6) is 1.68. The molecule has 0 atom stereocenters. The maximum absolute atomic E-state index is 12.9. The number of carbonyl (C=O) groups is 2. The molecule has 0 aliphatic carbocycles. The number of piperidine rings is 1. The van der Waals surface area contributed by atoms with E-state index < -0.39 is 0 Å². The fourth-order valence-electron chi connectivity index (χ4n) is 3.71. The minimum atomic E-state index is -0.251. The minimum Gasteiger partial charge on any atom is -0.496 e. The number of hydrogen-bond donors (Lipinski definition) is 1. The molecule has 0 saturated carbocycles. The molecular weight excluding hydrogens is 400 g/mol. The van der Waals surface area contributed by atoms with E-state index in [-0.39, 0.29) is 17.9 Å². The van der Waals surface area contributed by atoms with Crippen molar-refractivity contribution in [3.8, 4) is 23.0 Å². The predicted octanol–water partition coefficient (Wildman–Crippen LogP) is 2.76. The average molecular weight is 428 g/mol. The quantitative estimate of drug-likeness (QED) is 0.730. The predicted molar refractivity (Wildman–Crippen MR) is 115 cm³/mol. The van der Waals surface area contributed by atoms with Gasteiger partial charge in [0.2, 0.25) is 0 Å². The topological polar surface area (TPSA) is 86.3 Å². The van der Waals surface area contributed by atoms with Gasteiger partial charge in [-0.15, -0.1) is 0 Å². The Morgan fingerprint density at radius 3 is 1.97 bits per heavy atom. The van der Waals surface area contributed by atoms with Gasteiger partial charge in [-0.1, -0.05) is 6.07 Å². The SMILES string of the molecule is COc1ccc(C(=O)N2CCC(NC(=O)c3c(OC)cccc3OC)CC2)cc1OC. The van der Waals surface area contributed by atoms with Crippen molar-refractivity contribution in [2.24, 2.45) is 0 Å². The number of rotatable bonds is 7. The largest absolute Gasteiger partial charge is 0.496 e. The lowest BCUT2D eigenvalue weighted by Crippen LogP contribution is -2.46.